The van der Waals surface area contributed by atoms with Crippen LogP contribution in [0.5, 0.6) is 0 Å². The molecule has 0 radical (unpaired) electrons. The van der Waals surface area contributed by atoms with Crippen molar-refractivity contribution in [3.63, 3.8) is 0 Å². The van der Waals surface area contributed by atoms with Gasteiger partial charge in [0.05, 0.1) is 5.92 Å². The van der Waals surface area contributed by atoms with Gasteiger partial charge in [0.2, 0.25) is 5.91 Å². The maximum absolute atomic E-state index is 11.9. The highest BCUT2D eigenvalue weighted by Crippen LogP contribution is 2.20. The summed E-state index contributed by atoms with van der Waals surface area (Å²) in [5.74, 6) is -2.20. The summed E-state index contributed by atoms with van der Waals surface area (Å²) in [4.78, 5) is 22.6. The molecule has 2 unspecified atom stereocenters. The van der Waals surface area contributed by atoms with Gasteiger partial charge in [-0.1, -0.05) is 12.2 Å². The molecular weight excluding hydrogens is 258 g/mol. The number of hydrogen-bond acceptors (Lipinski definition) is 4. The maximum atomic E-state index is 11.9. The molecule has 0 saturated carbocycles. The van der Waals surface area contributed by atoms with Crippen molar-refractivity contribution in [2.24, 2.45) is 5.92 Å². The number of aliphatic carboxylic acids is 1. The smallest absolute Gasteiger partial charge is 0.310 e. The van der Waals surface area contributed by atoms with Crippen molar-refractivity contribution in [3.8, 4) is 0 Å². The van der Waals surface area contributed by atoms with Crippen LogP contribution in [0, 0.1) is 5.92 Å². The molecule has 0 spiro atoms. The quantitative estimate of drug-likeness (QED) is 0.701. The van der Waals surface area contributed by atoms with Crippen LogP contribution in [0.1, 0.15) is 20.3 Å². The number of amides is 1. The van der Waals surface area contributed by atoms with Gasteiger partial charge in [-0.2, -0.15) is 0 Å². The van der Waals surface area contributed by atoms with E-state index in [1.54, 1.807) is 6.08 Å². The maximum Gasteiger partial charge on any atom is 0.310 e. The van der Waals surface area contributed by atoms with E-state index in [4.69, 9.17) is 5.11 Å². The first-order valence-corrected chi connectivity index (χ1v) is 7.36. The van der Waals surface area contributed by atoms with E-state index in [2.05, 4.69) is 5.32 Å². The van der Waals surface area contributed by atoms with E-state index >= 15 is 0 Å². The van der Waals surface area contributed by atoms with E-state index in [0.717, 1.165) is 6.26 Å². The number of carbonyl (C=O) groups is 2. The molecule has 7 heteroatoms. The van der Waals surface area contributed by atoms with Gasteiger partial charge in [0, 0.05) is 12.3 Å². The van der Waals surface area contributed by atoms with Crippen LogP contribution in [0.25, 0.3) is 0 Å². The second kappa shape index (κ2) is 4.72. The molecule has 1 aliphatic rings. The molecule has 2 atom stereocenters. The minimum atomic E-state index is -3.53. The van der Waals surface area contributed by atoms with E-state index in [9.17, 15) is 18.0 Å². The summed E-state index contributed by atoms with van der Waals surface area (Å²) in [7, 11) is -3.53. The lowest BCUT2D eigenvalue weighted by atomic mass is 10.1. The zero-order valence-electron chi connectivity index (χ0n) is 10.5. The van der Waals surface area contributed by atoms with Crippen LogP contribution in [0.2, 0.25) is 0 Å². The number of carboxylic acid groups (broad SMARTS) is 1. The Morgan fingerprint density at radius 1 is 1.33 bits per heavy atom. The van der Waals surface area contributed by atoms with Gasteiger partial charge in [0.25, 0.3) is 0 Å². The average Bonchev–Trinajstić information content (AvgIpc) is 2.64. The van der Waals surface area contributed by atoms with Crippen LogP contribution in [-0.2, 0) is 19.4 Å². The fourth-order valence-corrected chi connectivity index (χ4v) is 1.90. The van der Waals surface area contributed by atoms with E-state index in [0.29, 0.717) is 0 Å². The molecule has 0 fully saturated rings. The third kappa shape index (κ3) is 2.90. The highest BCUT2D eigenvalue weighted by Gasteiger charge is 2.39. The standard InChI is InChI=1S/C11H17NO5S/c1-11(2,18(3,16)17)10(15)12-8-5-4-7(6-8)9(13)14/h4-5,7-8H,6H2,1-3H3,(H,12,15)(H,13,14). The number of nitrogens with one attached hydrogen (secondary N) is 1. The molecule has 102 valence electrons. The molecule has 1 rings (SSSR count). The molecule has 0 saturated heterocycles. The Hall–Kier alpha value is -1.37. The van der Waals surface area contributed by atoms with Crippen LogP contribution in [-0.4, -0.2) is 42.4 Å². The van der Waals surface area contributed by atoms with Crippen LogP contribution in [0.4, 0.5) is 0 Å². The Morgan fingerprint density at radius 3 is 2.28 bits per heavy atom. The lowest BCUT2D eigenvalue weighted by Crippen LogP contribution is -2.50. The molecule has 0 aromatic carbocycles. The molecule has 0 heterocycles. The molecule has 1 aliphatic carbocycles. The Kier molecular flexibility index (Phi) is 3.85. The van der Waals surface area contributed by atoms with Gasteiger partial charge in [0.1, 0.15) is 4.75 Å². The lowest BCUT2D eigenvalue weighted by molar-refractivity contribution is -0.140. The highest BCUT2D eigenvalue weighted by atomic mass is 32.2. The summed E-state index contributed by atoms with van der Waals surface area (Å²) in [5.41, 5.74) is 0. The fourth-order valence-electron chi connectivity index (χ4n) is 1.50. The third-order valence-corrected chi connectivity index (χ3v) is 5.23. The van der Waals surface area contributed by atoms with Gasteiger partial charge in [-0.3, -0.25) is 9.59 Å². The Labute approximate surface area is 106 Å². The van der Waals surface area contributed by atoms with Gasteiger partial charge in [-0.15, -0.1) is 0 Å². The Balaban J connectivity index is 2.69. The molecule has 1 amide bonds. The molecule has 0 bridgehead atoms. The highest BCUT2D eigenvalue weighted by molar-refractivity contribution is 7.92. The predicted molar refractivity (Wildman–Crippen MR) is 65.7 cm³/mol. The van der Waals surface area contributed by atoms with Crippen molar-refractivity contribution in [2.45, 2.75) is 31.1 Å². The van der Waals surface area contributed by atoms with Crippen molar-refractivity contribution in [2.75, 3.05) is 6.26 Å². The van der Waals surface area contributed by atoms with Gasteiger partial charge in [-0.05, 0) is 20.3 Å². The fraction of sp³-hybridized carbons (Fsp3) is 0.636. The second-order valence-electron chi connectivity index (χ2n) is 4.93. The van der Waals surface area contributed by atoms with Gasteiger partial charge in [0.15, 0.2) is 9.84 Å². The first kappa shape index (κ1) is 14.7. The summed E-state index contributed by atoms with van der Waals surface area (Å²) >= 11 is 0. The van der Waals surface area contributed by atoms with E-state index in [-0.39, 0.29) is 6.42 Å². The van der Waals surface area contributed by atoms with E-state index in [1.165, 1.54) is 19.9 Å². The zero-order chi connectivity index (χ0) is 14.1. The molecule has 6 nitrogen and oxygen atoms in total. The zero-order valence-corrected chi connectivity index (χ0v) is 11.3. The van der Waals surface area contributed by atoms with Gasteiger partial charge >= 0.3 is 5.97 Å². The summed E-state index contributed by atoms with van der Waals surface area (Å²) in [6.07, 6.45) is 4.33. The Morgan fingerprint density at radius 2 is 1.89 bits per heavy atom. The first-order chi connectivity index (χ1) is 8.05. The number of carboxylic acids is 1. The van der Waals surface area contributed by atoms with E-state index < -0.39 is 38.4 Å². The van der Waals surface area contributed by atoms with Crippen molar-refractivity contribution in [1.82, 2.24) is 5.32 Å². The van der Waals surface area contributed by atoms with Crippen LogP contribution < -0.4 is 5.32 Å². The molecule has 0 aliphatic heterocycles. The molecule has 0 aromatic rings. The molecule has 18 heavy (non-hydrogen) atoms. The summed E-state index contributed by atoms with van der Waals surface area (Å²) < 4.78 is 21.4. The van der Waals surface area contributed by atoms with Crippen LogP contribution in [0.3, 0.4) is 0 Å². The SMILES string of the molecule is CC(C)(C(=O)NC1C=CC(C(=O)O)C1)S(C)(=O)=O. The van der Waals surface area contributed by atoms with Crippen molar-refractivity contribution in [1.29, 1.82) is 0 Å². The number of rotatable bonds is 4. The van der Waals surface area contributed by atoms with Gasteiger partial charge in [-0.25, -0.2) is 8.42 Å². The van der Waals surface area contributed by atoms with Crippen LogP contribution >= 0.6 is 0 Å². The van der Waals surface area contributed by atoms with Crippen molar-refractivity contribution < 1.29 is 23.1 Å². The largest absolute Gasteiger partial charge is 0.481 e. The number of hydrogen-bond donors (Lipinski definition) is 2. The van der Waals surface area contributed by atoms with Gasteiger partial charge < -0.3 is 10.4 Å². The number of sulfone groups is 1. The number of carbonyl (C=O) groups excluding carboxylic acids is 1. The van der Waals surface area contributed by atoms with E-state index in [1.807, 2.05) is 0 Å². The summed E-state index contributed by atoms with van der Waals surface area (Å²) in [5, 5.41) is 11.3. The average molecular weight is 275 g/mol. The molecular formula is C11H17NO5S. The Bertz CT molecular complexity index is 492. The summed E-state index contributed by atoms with van der Waals surface area (Å²) in [6.45, 7) is 2.65. The third-order valence-electron chi connectivity index (χ3n) is 3.19. The minimum Gasteiger partial charge on any atom is -0.481 e. The monoisotopic (exact) mass is 275 g/mol. The summed E-state index contributed by atoms with van der Waals surface area (Å²) in [6, 6.07) is -0.431. The normalized spacial score (nSPS) is 23.9. The van der Waals surface area contributed by atoms with Crippen LogP contribution in [0.15, 0.2) is 12.2 Å². The lowest BCUT2D eigenvalue weighted by Gasteiger charge is -2.23. The molecule has 0 aromatic heterocycles. The minimum absolute atomic E-state index is 0.251. The predicted octanol–water partition coefficient (Wildman–Crippen LogP) is -0.0449. The van der Waals surface area contributed by atoms with Crippen molar-refractivity contribution in [3.05, 3.63) is 12.2 Å². The second-order valence-corrected chi connectivity index (χ2v) is 7.49. The molecule has 2 N–H and O–H groups in total. The van der Waals surface area contributed by atoms with Crippen molar-refractivity contribution >= 4 is 21.7 Å². The topological polar surface area (TPSA) is 101 Å². The first-order valence-electron chi connectivity index (χ1n) is 5.47.